The second-order valence-electron chi connectivity index (χ2n) is 3.05. The van der Waals surface area contributed by atoms with E-state index in [0.717, 1.165) is 0 Å². The second kappa shape index (κ2) is 3.34. The monoisotopic (exact) mass is 215 g/mol. The maximum atomic E-state index is 11.6. The molecule has 78 valence electrons. The van der Waals surface area contributed by atoms with Gasteiger partial charge in [0.05, 0.1) is 18.0 Å². The summed E-state index contributed by atoms with van der Waals surface area (Å²) >= 11 is 0. The minimum Gasteiger partial charge on any atom is -0.432 e. The van der Waals surface area contributed by atoms with E-state index in [2.05, 4.69) is 20.9 Å². The van der Waals surface area contributed by atoms with Crippen LogP contribution in [0.3, 0.4) is 0 Å². The average Bonchev–Trinajstić information content (AvgIpc) is 2.97. The zero-order valence-electron chi connectivity index (χ0n) is 7.95. The number of nitrogens with zero attached hydrogens (tertiary/aromatic N) is 3. The Labute approximate surface area is 90.2 Å². The highest BCUT2D eigenvalue weighted by Gasteiger charge is 2.28. The normalized spacial score (nSPS) is 15.6. The molecule has 6 heteroatoms. The van der Waals surface area contributed by atoms with E-state index in [4.69, 9.17) is 4.42 Å². The van der Waals surface area contributed by atoms with Gasteiger partial charge in [0.2, 0.25) is 0 Å². The number of hydrogen-bond acceptors (Lipinski definition) is 6. The number of hydrogen-bond donors (Lipinski definition) is 0. The maximum Gasteiger partial charge on any atom is 0.302 e. The molecule has 0 N–H and O–H groups in total. The van der Waals surface area contributed by atoms with Crippen LogP contribution in [0, 0.1) is 12.7 Å². The fraction of sp³-hybridized carbons (Fsp3) is 0. The predicted molar refractivity (Wildman–Crippen MR) is 51.4 cm³/mol. The molecule has 16 heavy (non-hydrogen) atoms. The van der Waals surface area contributed by atoms with Gasteiger partial charge in [-0.05, 0) is 0 Å². The van der Waals surface area contributed by atoms with Crippen molar-refractivity contribution in [2.75, 3.05) is 4.90 Å². The smallest absolute Gasteiger partial charge is 0.302 e. The van der Waals surface area contributed by atoms with Crippen molar-refractivity contribution in [1.82, 2.24) is 10.1 Å². The van der Waals surface area contributed by atoms with Crippen LogP contribution in [0.25, 0.3) is 5.57 Å². The third-order valence-electron chi connectivity index (χ3n) is 2.04. The molecule has 0 unspecified atom stereocenters. The molecule has 0 spiro atoms. The van der Waals surface area contributed by atoms with E-state index in [-0.39, 0.29) is 11.8 Å². The molecule has 0 saturated heterocycles. The minimum atomic E-state index is -0.216. The molecule has 0 atom stereocenters. The first-order valence-electron chi connectivity index (χ1n) is 4.47. The van der Waals surface area contributed by atoms with Crippen LogP contribution >= 0.6 is 0 Å². The van der Waals surface area contributed by atoms with E-state index in [1.165, 1.54) is 30.2 Å². The second-order valence-corrected chi connectivity index (χ2v) is 3.05. The summed E-state index contributed by atoms with van der Waals surface area (Å²) in [5.41, 5.74) is 0.766. The van der Waals surface area contributed by atoms with E-state index in [1.807, 2.05) is 0 Å². The Morgan fingerprint density at radius 2 is 2.31 bits per heavy atom. The molecule has 0 amide bonds. The Kier molecular flexibility index (Phi) is 1.86. The number of carbonyl (C=O) groups is 1. The van der Waals surface area contributed by atoms with Crippen LogP contribution in [0.4, 0.5) is 6.01 Å². The van der Waals surface area contributed by atoms with Crippen LogP contribution in [0.1, 0.15) is 5.69 Å². The van der Waals surface area contributed by atoms with Crippen molar-refractivity contribution in [3.05, 3.63) is 43.2 Å². The molecule has 3 rings (SSSR count). The Hall–Kier alpha value is -2.37. The fourth-order valence-electron chi connectivity index (χ4n) is 1.35. The summed E-state index contributed by atoms with van der Waals surface area (Å²) in [4.78, 5) is 16.9. The third kappa shape index (κ3) is 1.31. The summed E-state index contributed by atoms with van der Waals surface area (Å²) in [7, 11) is 0. The summed E-state index contributed by atoms with van der Waals surface area (Å²) in [5.74, 6) is -0.216. The molecular weight excluding hydrogens is 210 g/mol. The third-order valence-corrected chi connectivity index (χ3v) is 2.04. The van der Waals surface area contributed by atoms with Crippen molar-refractivity contribution >= 4 is 17.4 Å². The highest BCUT2D eigenvalue weighted by molar-refractivity contribution is 6.27. The molecule has 0 aliphatic carbocycles. The van der Waals surface area contributed by atoms with Crippen molar-refractivity contribution in [1.29, 1.82) is 0 Å². The summed E-state index contributed by atoms with van der Waals surface area (Å²) < 4.78 is 9.71. The topological polar surface area (TPSA) is 72.4 Å². The van der Waals surface area contributed by atoms with Gasteiger partial charge in [-0.2, -0.15) is 0 Å². The number of anilines is 1. The summed E-state index contributed by atoms with van der Waals surface area (Å²) in [6.45, 7) is 1.33. The zero-order chi connectivity index (χ0) is 11.0. The van der Waals surface area contributed by atoms with E-state index in [1.54, 1.807) is 6.07 Å². The lowest BCUT2D eigenvalue weighted by Gasteiger charge is -2.04. The molecule has 2 aromatic heterocycles. The summed E-state index contributed by atoms with van der Waals surface area (Å²) in [6, 6.07) is 1.87. The van der Waals surface area contributed by atoms with Gasteiger partial charge in [0.15, 0.2) is 5.78 Å². The molecule has 0 bridgehead atoms. The van der Waals surface area contributed by atoms with Crippen LogP contribution in [-0.2, 0) is 4.79 Å². The Morgan fingerprint density at radius 3 is 3.00 bits per heavy atom. The number of aromatic nitrogens is 2. The van der Waals surface area contributed by atoms with E-state index < -0.39 is 0 Å². The van der Waals surface area contributed by atoms with E-state index in [0.29, 0.717) is 11.3 Å². The maximum absolute atomic E-state index is 11.6. The van der Waals surface area contributed by atoms with Gasteiger partial charge >= 0.3 is 6.01 Å². The fourth-order valence-corrected chi connectivity index (χ4v) is 1.35. The lowest BCUT2D eigenvalue weighted by molar-refractivity contribution is -0.110. The largest absolute Gasteiger partial charge is 0.432 e. The van der Waals surface area contributed by atoms with E-state index >= 15 is 0 Å². The average molecular weight is 215 g/mol. The van der Waals surface area contributed by atoms with Crippen molar-refractivity contribution in [3.8, 4) is 0 Å². The molecule has 6 nitrogen and oxygen atoms in total. The van der Waals surface area contributed by atoms with Crippen LogP contribution < -0.4 is 4.90 Å². The van der Waals surface area contributed by atoms with Gasteiger partial charge in [-0.15, -0.1) is 0 Å². The standard InChI is InChI=1S/C10H5N3O3/c14-9-6-13(10-11-2-4-15-10)5-7(9)8-1-3-16-12-8/h1-4,6H. The molecule has 3 heterocycles. The van der Waals surface area contributed by atoms with Gasteiger partial charge in [0, 0.05) is 6.07 Å². The molecule has 2 aromatic rings. The Morgan fingerprint density at radius 1 is 1.38 bits per heavy atom. The first kappa shape index (κ1) is 8.90. The van der Waals surface area contributed by atoms with Gasteiger partial charge in [-0.3, -0.25) is 9.69 Å². The Balaban J connectivity index is 1.96. The lowest BCUT2D eigenvalue weighted by Crippen LogP contribution is -2.11. The molecule has 0 saturated carbocycles. The first-order valence-corrected chi connectivity index (χ1v) is 4.47. The van der Waals surface area contributed by atoms with Crippen molar-refractivity contribution in [2.24, 2.45) is 0 Å². The van der Waals surface area contributed by atoms with Gasteiger partial charge in [-0.25, -0.2) is 4.98 Å². The molecule has 1 aliphatic heterocycles. The van der Waals surface area contributed by atoms with Gasteiger partial charge < -0.3 is 8.94 Å². The lowest BCUT2D eigenvalue weighted by atomic mass is 10.1. The highest BCUT2D eigenvalue weighted by atomic mass is 16.5. The van der Waals surface area contributed by atoms with Crippen molar-refractivity contribution in [2.45, 2.75) is 0 Å². The minimum absolute atomic E-state index is 0.216. The number of oxazole rings is 1. The zero-order valence-corrected chi connectivity index (χ0v) is 7.95. The quantitative estimate of drug-likeness (QED) is 0.745. The Bertz CT molecular complexity index is 528. The van der Waals surface area contributed by atoms with Gasteiger partial charge in [0.25, 0.3) is 0 Å². The number of carbonyl (C=O) groups excluding carboxylic acids is 1. The van der Waals surface area contributed by atoms with Crippen LogP contribution in [-0.4, -0.2) is 15.9 Å². The summed E-state index contributed by atoms with van der Waals surface area (Å²) in [6.07, 6.45) is 7.12. The van der Waals surface area contributed by atoms with Crippen molar-refractivity contribution < 1.29 is 13.7 Å². The predicted octanol–water partition coefficient (Wildman–Crippen LogP) is 1.06. The van der Waals surface area contributed by atoms with Crippen LogP contribution in [0.5, 0.6) is 0 Å². The first-order chi connectivity index (χ1) is 7.84. The van der Waals surface area contributed by atoms with Crippen LogP contribution in [0.15, 0.2) is 33.7 Å². The van der Waals surface area contributed by atoms with Gasteiger partial charge in [-0.1, -0.05) is 5.16 Å². The van der Waals surface area contributed by atoms with Crippen molar-refractivity contribution in [3.63, 3.8) is 0 Å². The molecular formula is C10H5N3O3. The highest BCUT2D eigenvalue weighted by Crippen LogP contribution is 2.26. The SMILES string of the molecule is O=C1[CH]N(c2ncco2)[C]=C1c1ccon1. The van der Waals surface area contributed by atoms with Gasteiger partial charge in [0.1, 0.15) is 24.8 Å². The van der Waals surface area contributed by atoms with E-state index in [9.17, 15) is 4.79 Å². The number of Topliss-reactive ketones (excluding diaryl/α,β-unsaturated/α-hetero) is 1. The van der Waals surface area contributed by atoms with Crippen LogP contribution in [0.2, 0.25) is 0 Å². The molecule has 0 fully saturated rings. The molecule has 2 radical (unpaired) electrons. The number of ketones is 1. The molecule has 0 aromatic carbocycles. The molecule has 1 aliphatic rings. The number of rotatable bonds is 2. The summed E-state index contributed by atoms with van der Waals surface area (Å²) in [5, 5.41) is 3.67.